The van der Waals surface area contributed by atoms with Gasteiger partial charge in [-0.05, 0) is 47.5 Å². The Morgan fingerprint density at radius 3 is 2.57 bits per heavy atom. The van der Waals surface area contributed by atoms with Gasteiger partial charge in [-0.1, -0.05) is 76.6 Å². The smallest absolute Gasteiger partial charge is 0.275 e. The van der Waals surface area contributed by atoms with Crippen LogP contribution in [0.2, 0.25) is 0 Å². The fraction of sp³-hybridized carbons (Fsp3) is 0.103. The molecule has 0 atom stereocenters. The summed E-state index contributed by atoms with van der Waals surface area (Å²) in [4.78, 5) is 12.8. The van der Waals surface area contributed by atoms with Crippen LogP contribution in [0, 0.1) is 6.92 Å². The number of methoxy groups -OCH3 is 1. The van der Waals surface area contributed by atoms with Gasteiger partial charge < -0.3 is 9.30 Å². The number of aromatic nitrogens is 1. The predicted octanol–water partition coefficient (Wildman–Crippen LogP) is 6.69. The molecule has 35 heavy (non-hydrogen) atoms. The predicted molar refractivity (Wildman–Crippen MR) is 145 cm³/mol. The number of amides is 1. The minimum atomic E-state index is -0.337. The molecule has 0 saturated heterocycles. The molecule has 0 radical (unpaired) electrons. The van der Waals surface area contributed by atoms with Crippen molar-refractivity contribution in [2.75, 3.05) is 7.11 Å². The van der Waals surface area contributed by atoms with Crippen molar-refractivity contribution >= 4 is 49.7 Å². The lowest BCUT2D eigenvalue weighted by atomic mass is 10.0. The lowest BCUT2D eigenvalue weighted by molar-refractivity contribution is 0.0952. The maximum Gasteiger partial charge on any atom is 0.275 e. The van der Waals surface area contributed by atoms with Crippen LogP contribution in [0.1, 0.15) is 27.2 Å². The van der Waals surface area contributed by atoms with Gasteiger partial charge in [0, 0.05) is 33.2 Å². The summed E-state index contributed by atoms with van der Waals surface area (Å²) in [5, 5.41) is 7.86. The fourth-order valence-electron chi connectivity index (χ4n) is 4.50. The van der Waals surface area contributed by atoms with Crippen molar-refractivity contribution in [1.29, 1.82) is 0 Å². The summed E-state index contributed by atoms with van der Waals surface area (Å²) in [5.41, 5.74) is 7.49. The number of hydrogen-bond acceptors (Lipinski definition) is 3. The Balaban J connectivity index is 1.48. The molecule has 5 rings (SSSR count). The second kappa shape index (κ2) is 9.76. The second-order valence-electron chi connectivity index (χ2n) is 8.28. The molecule has 4 aromatic carbocycles. The van der Waals surface area contributed by atoms with Crippen molar-refractivity contribution in [2.45, 2.75) is 13.5 Å². The number of carbonyl (C=O) groups is 1. The minimum Gasteiger partial charge on any atom is -0.496 e. The highest BCUT2D eigenvalue weighted by atomic mass is 79.9. The van der Waals surface area contributed by atoms with Crippen LogP contribution in [-0.2, 0) is 6.54 Å². The molecule has 0 fully saturated rings. The van der Waals surface area contributed by atoms with E-state index in [2.05, 4.69) is 92.5 Å². The van der Waals surface area contributed by atoms with Crippen LogP contribution >= 0.6 is 15.9 Å². The molecule has 0 aliphatic rings. The highest BCUT2D eigenvalue weighted by Gasteiger charge is 2.15. The number of benzene rings is 4. The monoisotopic (exact) mass is 525 g/mol. The Kier molecular flexibility index (Phi) is 6.38. The van der Waals surface area contributed by atoms with Crippen molar-refractivity contribution in [1.82, 2.24) is 9.99 Å². The molecule has 0 unspecified atom stereocenters. The number of para-hydroxylation sites is 1. The van der Waals surface area contributed by atoms with Gasteiger partial charge >= 0.3 is 0 Å². The normalized spacial score (nSPS) is 11.4. The lowest BCUT2D eigenvalue weighted by Gasteiger charge is -2.11. The quantitative estimate of drug-likeness (QED) is 0.198. The van der Waals surface area contributed by atoms with Crippen molar-refractivity contribution in [3.8, 4) is 5.75 Å². The van der Waals surface area contributed by atoms with Crippen LogP contribution in [-0.4, -0.2) is 23.8 Å². The molecule has 174 valence electrons. The molecule has 0 spiro atoms. The third kappa shape index (κ3) is 4.45. The van der Waals surface area contributed by atoms with Crippen LogP contribution in [0.25, 0.3) is 21.7 Å². The first-order chi connectivity index (χ1) is 17.1. The molecular weight excluding hydrogens is 502 g/mol. The molecule has 1 heterocycles. The third-order valence-electron chi connectivity index (χ3n) is 6.25. The van der Waals surface area contributed by atoms with Crippen molar-refractivity contribution in [3.05, 3.63) is 112 Å². The summed E-state index contributed by atoms with van der Waals surface area (Å²) in [6, 6.07) is 28.4. The molecule has 0 saturated carbocycles. The van der Waals surface area contributed by atoms with E-state index >= 15 is 0 Å². The first kappa shape index (κ1) is 22.9. The zero-order valence-corrected chi connectivity index (χ0v) is 21.0. The molecule has 1 N–H and O–H groups in total. The highest BCUT2D eigenvalue weighted by Crippen LogP contribution is 2.28. The number of hydrazone groups is 1. The largest absolute Gasteiger partial charge is 0.496 e. The summed E-state index contributed by atoms with van der Waals surface area (Å²) in [6.07, 6.45) is 1.72. The summed E-state index contributed by atoms with van der Waals surface area (Å²) < 4.78 is 8.41. The van der Waals surface area contributed by atoms with Crippen LogP contribution in [0.4, 0.5) is 0 Å². The summed E-state index contributed by atoms with van der Waals surface area (Å²) >= 11 is 3.40. The van der Waals surface area contributed by atoms with Crippen LogP contribution < -0.4 is 10.2 Å². The average molecular weight is 526 g/mol. The van der Waals surface area contributed by atoms with E-state index in [1.807, 2.05) is 18.2 Å². The maximum absolute atomic E-state index is 12.8. The Morgan fingerprint density at radius 2 is 1.74 bits per heavy atom. The Morgan fingerprint density at radius 1 is 1.00 bits per heavy atom. The Labute approximate surface area is 212 Å². The number of nitrogens with one attached hydrogen (secondary N) is 1. The van der Waals surface area contributed by atoms with Gasteiger partial charge in [0.15, 0.2) is 0 Å². The molecule has 1 aromatic heterocycles. The minimum absolute atomic E-state index is 0.337. The first-order valence-corrected chi connectivity index (χ1v) is 12.1. The molecule has 5 nitrogen and oxygen atoms in total. The molecule has 0 aliphatic heterocycles. The van der Waals surface area contributed by atoms with Gasteiger partial charge in [-0.2, -0.15) is 5.10 Å². The summed E-state index contributed by atoms with van der Waals surface area (Å²) in [5.74, 6) is 0.153. The van der Waals surface area contributed by atoms with E-state index in [0.29, 0.717) is 11.3 Å². The van der Waals surface area contributed by atoms with Crippen LogP contribution in [0.15, 0.2) is 94.5 Å². The second-order valence-corrected chi connectivity index (χ2v) is 9.20. The van der Waals surface area contributed by atoms with Gasteiger partial charge in [0.05, 0.1) is 18.9 Å². The van der Waals surface area contributed by atoms with Crippen molar-refractivity contribution in [2.24, 2.45) is 5.10 Å². The molecule has 0 aliphatic carbocycles. The highest BCUT2D eigenvalue weighted by molar-refractivity contribution is 9.10. The number of nitrogens with zero attached hydrogens (tertiary/aromatic N) is 2. The third-order valence-corrected chi connectivity index (χ3v) is 6.75. The van der Waals surface area contributed by atoms with E-state index in [4.69, 9.17) is 4.74 Å². The average Bonchev–Trinajstić information content (AvgIpc) is 3.15. The van der Waals surface area contributed by atoms with Gasteiger partial charge in [-0.15, -0.1) is 0 Å². The standard InChI is InChI=1S/C29H24BrN3O2/c1-19-26(17-31-32-29(34)25-16-22(30)14-15-28(25)35-2)24-12-5-6-13-27(24)33(19)18-21-10-7-9-20-8-3-4-11-23(20)21/h3-17H,18H2,1-2H3,(H,32,34)/b31-17-. The SMILES string of the molecule is COc1ccc(Br)cc1C(=O)N/N=C\c1c(C)n(Cc2cccc3ccccc23)c2ccccc12. The summed E-state index contributed by atoms with van der Waals surface area (Å²) in [7, 11) is 1.54. The van der Waals surface area contributed by atoms with E-state index in [1.165, 1.54) is 23.4 Å². The summed E-state index contributed by atoms with van der Waals surface area (Å²) in [6.45, 7) is 2.83. The Bertz CT molecular complexity index is 1580. The number of hydrogen-bond donors (Lipinski definition) is 1. The van der Waals surface area contributed by atoms with E-state index < -0.39 is 0 Å². The first-order valence-electron chi connectivity index (χ1n) is 11.3. The van der Waals surface area contributed by atoms with Crippen molar-refractivity contribution in [3.63, 3.8) is 0 Å². The number of halogens is 1. The van der Waals surface area contributed by atoms with E-state index in [1.54, 1.807) is 18.3 Å². The van der Waals surface area contributed by atoms with E-state index in [0.717, 1.165) is 33.2 Å². The van der Waals surface area contributed by atoms with E-state index in [-0.39, 0.29) is 5.91 Å². The number of carbonyl (C=O) groups excluding carboxylic acids is 1. The topological polar surface area (TPSA) is 55.6 Å². The fourth-order valence-corrected chi connectivity index (χ4v) is 4.86. The molecule has 0 bridgehead atoms. The van der Waals surface area contributed by atoms with Crippen molar-refractivity contribution < 1.29 is 9.53 Å². The van der Waals surface area contributed by atoms with Gasteiger partial charge in [-0.3, -0.25) is 4.79 Å². The van der Waals surface area contributed by atoms with Gasteiger partial charge in [-0.25, -0.2) is 5.43 Å². The molecule has 5 aromatic rings. The Hall–Kier alpha value is -3.90. The number of rotatable bonds is 6. The van der Waals surface area contributed by atoms with Gasteiger partial charge in [0.25, 0.3) is 5.91 Å². The van der Waals surface area contributed by atoms with Crippen LogP contribution in [0.3, 0.4) is 0 Å². The zero-order chi connectivity index (χ0) is 24.4. The van der Waals surface area contributed by atoms with Gasteiger partial charge in [0.1, 0.15) is 5.75 Å². The zero-order valence-electron chi connectivity index (χ0n) is 19.5. The maximum atomic E-state index is 12.8. The lowest BCUT2D eigenvalue weighted by Crippen LogP contribution is -2.18. The molecule has 6 heteroatoms. The molecular formula is C29H24BrN3O2. The van der Waals surface area contributed by atoms with Crippen LogP contribution in [0.5, 0.6) is 5.75 Å². The number of ether oxygens (including phenoxy) is 1. The molecule has 1 amide bonds. The number of fused-ring (bicyclic) bond motifs is 2. The van der Waals surface area contributed by atoms with E-state index in [9.17, 15) is 4.79 Å². The van der Waals surface area contributed by atoms with Gasteiger partial charge in [0.2, 0.25) is 0 Å².